The molecule has 0 spiro atoms. The fourth-order valence-corrected chi connectivity index (χ4v) is 4.30. The molecule has 0 atom stereocenters. The Morgan fingerprint density at radius 3 is 2.48 bits per heavy atom. The van der Waals surface area contributed by atoms with Crippen molar-refractivity contribution in [2.75, 3.05) is 10.5 Å². The predicted octanol–water partition coefficient (Wildman–Crippen LogP) is 3.94. The van der Waals surface area contributed by atoms with E-state index < -0.39 is 10.0 Å². The van der Waals surface area contributed by atoms with Crippen LogP contribution >= 0.6 is 34.2 Å². The molecule has 21 heavy (non-hydrogen) atoms. The summed E-state index contributed by atoms with van der Waals surface area (Å²) in [5, 5.41) is 0.351. The molecular weight excluding hydrogens is 423 g/mol. The first kappa shape index (κ1) is 16.4. The van der Waals surface area contributed by atoms with Crippen molar-refractivity contribution in [2.45, 2.75) is 18.7 Å². The first-order chi connectivity index (χ1) is 9.70. The van der Waals surface area contributed by atoms with Gasteiger partial charge in [0.05, 0.1) is 15.6 Å². The van der Waals surface area contributed by atoms with Crippen molar-refractivity contribution in [3.63, 3.8) is 0 Å². The van der Waals surface area contributed by atoms with Gasteiger partial charge in [-0.3, -0.25) is 4.72 Å². The first-order valence-corrected chi connectivity index (χ1v) is 8.99. The van der Waals surface area contributed by atoms with Crippen LogP contribution in [0.1, 0.15) is 11.1 Å². The number of sulfonamides is 1. The van der Waals surface area contributed by atoms with E-state index in [9.17, 15) is 8.42 Å². The second-order valence-corrected chi connectivity index (χ2v) is 7.99. The predicted molar refractivity (Wildman–Crippen MR) is 95.3 cm³/mol. The van der Waals surface area contributed by atoms with Crippen LogP contribution in [0.25, 0.3) is 0 Å². The molecule has 3 N–H and O–H groups in total. The number of anilines is 2. The summed E-state index contributed by atoms with van der Waals surface area (Å²) in [6.07, 6.45) is 0. The van der Waals surface area contributed by atoms with Crippen molar-refractivity contribution >= 4 is 55.6 Å². The second-order valence-electron chi connectivity index (χ2n) is 4.69. The molecule has 0 aliphatic carbocycles. The molecule has 0 unspecified atom stereocenters. The molecule has 4 nitrogen and oxygen atoms in total. The number of hydrogen-bond donors (Lipinski definition) is 2. The lowest BCUT2D eigenvalue weighted by atomic mass is 10.1. The third kappa shape index (κ3) is 3.61. The van der Waals surface area contributed by atoms with Crippen molar-refractivity contribution in [1.29, 1.82) is 0 Å². The molecular formula is C14H14ClIN2O2S. The van der Waals surface area contributed by atoms with Crippen LogP contribution in [-0.4, -0.2) is 8.42 Å². The average Bonchev–Trinajstić information content (AvgIpc) is 2.37. The fourth-order valence-electron chi connectivity index (χ4n) is 1.90. The molecule has 0 aliphatic rings. The van der Waals surface area contributed by atoms with Gasteiger partial charge in [0.2, 0.25) is 0 Å². The SMILES string of the molecule is Cc1cc(N)cc(S(=O)(=O)Nc2ccc(I)cc2Cl)c1C. The lowest BCUT2D eigenvalue weighted by molar-refractivity contribution is 0.600. The summed E-state index contributed by atoms with van der Waals surface area (Å²) in [5.74, 6) is 0. The maximum atomic E-state index is 12.5. The standard InChI is InChI=1S/C14H14ClIN2O2S/c1-8-5-11(17)7-14(9(8)2)21(19,20)18-13-4-3-10(16)6-12(13)15/h3-7,18H,17H2,1-2H3. The van der Waals surface area contributed by atoms with Gasteiger partial charge in [-0.15, -0.1) is 0 Å². The summed E-state index contributed by atoms with van der Waals surface area (Å²) < 4.78 is 28.5. The molecule has 112 valence electrons. The average molecular weight is 437 g/mol. The van der Waals surface area contributed by atoms with E-state index in [-0.39, 0.29) is 4.90 Å². The van der Waals surface area contributed by atoms with Gasteiger partial charge in [-0.05, 0) is 77.9 Å². The molecule has 0 fully saturated rings. The summed E-state index contributed by atoms with van der Waals surface area (Å²) in [6, 6.07) is 8.30. The zero-order valence-electron chi connectivity index (χ0n) is 11.4. The lowest BCUT2D eigenvalue weighted by Crippen LogP contribution is -2.15. The highest BCUT2D eigenvalue weighted by molar-refractivity contribution is 14.1. The molecule has 2 aromatic carbocycles. The Balaban J connectivity index is 2.48. The van der Waals surface area contributed by atoms with E-state index in [0.717, 1.165) is 9.13 Å². The quantitative estimate of drug-likeness (QED) is 0.565. The van der Waals surface area contributed by atoms with E-state index in [1.165, 1.54) is 6.07 Å². The van der Waals surface area contributed by atoms with Gasteiger partial charge in [-0.2, -0.15) is 0 Å². The molecule has 0 saturated carbocycles. The molecule has 0 radical (unpaired) electrons. The molecule has 0 saturated heterocycles. The molecule has 7 heteroatoms. The van der Waals surface area contributed by atoms with Gasteiger partial charge < -0.3 is 5.73 Å². The van der Waals surface area contributed by atoms with Crippen LogP contribution in [0.3, 0.4) is 0 Å². The zero-order chi connectivity index (χ0) is 15.8. The summed E-state index contributed by atoms with van der Waals surface area (Å²) in [5.41, 5.74) is 7.99. The Morgan fingerprint density at radius 1 is 1.19 bits per heavy atom. The Morgan fingerprint density at radius 2 is 1.86 bits per heavy atom. The fraction of sp³-hybridized carbons (Fsp3) is 0.143. The third-order valence-corrected chi connectivity index (χ3v) is 5.58. The van der Waals surface area contributed by atoms with Gasteiger partial charge in [-0.25, -0.2) is 8.42 Å². The summed E-state index contributed by atoms with van der Waals surface area (Å²) in [4.78, 5) is 0.162. The molecule has 2 aromatic rings. The van der Waals surface area contributed by atoms with Crippen LogP contribution in [0.5, 0.6) is 0 Å². The highest BCUT2D eigenvalue weighted by atomic mass is 127. The van der Waals surface area contributed by atoms with Gasteiger partial charge in [0.25, 0.3) is 10.0 Å². The molecule has 0 heterocycles. The third-order valence-electron chi connectivity index (χ3n) is 3.11. The van der Waals surface area contributed by atoms with E-state index in [4.69, 9.17) is 17.3 Å². The Bertz CT molecular complexity index is 807. The van der Waals surface area contributed by atoms with Gasteiger partial charge >= 0.3 is 0 Å². The van der Waals surface area contributed by atoms with E-state index in [0.29, 0.717) is 22.0 Å². The van der Waals surface area contributed by atoms with E-state index in [1.54, 1.807) is 31.2 Å². The number of rotatable bonds is 3. The van der Waals surface area contributed by atoms with Crippen molar-refractivity contribution < 1.29 is 8.42 Å². The normalized spacial score (nSPS) is 11.4. The number of aryl methyl sites for hydroxylation is 1. The molecule has 0 aliphatic heterocycles. The Labute approximate surface area is 142 Å². The van der Waals surface area contributed by atoms with E-state index >= 15 is 0 Å². The number of nitrogen functional groups attached to an aromatic ring is 1. The number of benzene rings is 2. The summed E-state index contributed by atoms with van der Waals surface area (Å²) >= 11 is 8.18. The largest absolute Gasteiger partial charge is 0.399 e. The maximum Gasteiger partial charge on any atom is 0.262 e. The maximum absolute atomic E-state index is 12.5. The lowest BCUT2D eigenvalue weighted by Gasteiger charge is -2.14. The van der Waals surface area contributed by atoms with Crippen LogP contribution in [0.2, 0.25) is 5.02 Å². The number of halogens is 2. The van der Waals surface area contributed by atoms with Crippen LogP contribution in [0.15, 0.2) is 35.2 Å². The monoisotopic (exact) mass is 436 g/mol. The highest BCUT2D eigenvalue weighted by Crippen LogP contribution is 2.28. The molecule has 0 aromatic heterocycles. The Kier molecular flexibility index (Phi) is 4.69. The molecule has 0 bridgehead atoms. The minimum Gasteiger partial charge on any atom is -0.399 e. The minimum absolute atomic E-state index is 0.162. The van der Waals surface area contributed by atoms with E-state index in [2.05, 4.69) is 27.3 Å². The topological polar surface area (TPSA) is 72.2 Å². The van der Waals surface area contributed by atoms with Crippen molar-refractivity contribution in [2.24, 2.45) is 0 Å². The first-order valence-electron chi connectivity index (χ1n) is 6.05. The molecule has 2 rings (SSSR count). The van der Waals surface area contributed by atoms with Crippen molar-refractivity contribution in [3.05, 3.63) is 50.1 Å². The van der Waals surface area contributed by atoms with E-state index in [1.807, 2.05) is 6.92 Å². The summed E-state index contributed by atoms with van der Waals surface area (Å²) in [6.45, 7) is 3.57. The Hall–Kier alpha value is -0.990. The van der Waals surface area contributed by atoms with Crippen molar-refractivity contribution in [3.8, 4) is 0 Å². The highest BCUT2D eigenvalue weighted by Gasteiger charge is 2.20. The number of hydrogen-bond acceptors (Lipinski definition) is 3. The number of nitrogens with two attached hydrogens (primary N) is 1. The molecule has 0 amide bonds. The zero-order valence-corrected chi connectivity index (χ0v) is 15.2. The smallest absolute Gasteiger partial charge is 0.262 e. The minimum atomic E-state index is -3.74. The van der Waals surface area contributed by atoms with Gasteiger partial charge in [0.15, 0.2) is 0 Å². The van der Waals surface area contributed by atoms with Gasteiger partial charge in [0, 0.05) is 9.26 Å². The van der Waals surface area contributed by atoms with Crippen LogP contribution in [-0.2, 0) is 10.0 Å². The number of nitrogens with one attached hydrogen (secondary N) is 1. The summed E-state index contributed by atoms with van der Waals surface area (Å²) in [7, 11) is -3.74. The second kappa shape index (κ2) is 6.02. The van der Waals surface area contributed by atoms with Crippen LogP contribution < -0.4 is 10.5 Å². The van der Waals surface area contributed by atoms with Gasteiger partial charge in [0.1, 0.15) is 0 Å². The van der Waals surface area contributed by atoms with Crippen molar-refractivity contribution in [1.82, 2.24) is 0 Å². The van der Waals surface area contributed by atoms with Crippen LogP contribution in [0.4, 0.5) is 11.4 Å². The van der Waals surface area contributed by atoms with Gasteiger partial charge in [-0.1, -0.05) is 11.6 Å². The van der Waals surface area contributed by atoms with Crippen LogP contribution in [0, 0.1) is 17.4 Å².